The van der Waals surface area contributed by atoms with Gasteiger partial charge >= 0.3 is 0 Å². The number of aromatic nitrogens is 2. The SMILES string of the molecule is Cc1cc2n[nH]c(Br)c2cc1F. The van der Waals surface area contributed by atoms with Crippen LogP contribution in [0.2, 0.25) is 0 Å². The molecule has 12 heavy (non-hydrogen) atoms. The van der Waals surface area contributed by atoms with E-state index in [-0.39, 0.29) is 5.82 Å². The minimum Gasteiger partial charge on any atom is -0.270 e. The summed E-state index contributed by atoms with van der Waals surface area (Å²) >= 11 is 3.24. The average molecular weight is 229 g/mol. The molecule has 2 nitrogen and oxygen atoms in total. The summed E-state index contributed by atoms with van der Waals surface area (Å²) in [5, 5.41) is 7.49. The van der Waals surface area contributed by atoms with E-state index in [1.165, 1.54) is 6.07 Å². The van der Waals surface area contributed by atoms with Gasteiger partial charge in [-0.2, -0.15) is 5.10 Å². The normalized spacial score (nSPS) is 10.9. The van der Waals surface area contributed by atoms with Crippen molar-refractivity contribution < 1.29 is 4.39 Å². The molecule has 0 spiro atoms. The first-order valence-corrected chi connectivity index (χ1v) is 4.27. The number of halogens is 2. The zero-order valence-electron chi connectivity index (χ0n) is 6.36. The number of H-pyrrole nitrogens is 1. The lowest BCUT2D eigenvalue weighted by molar-refractivity contribution is 0.620. The van der Waals surface area contributed by atoms with E-state index >= 15 is 0 Å². The second-order valence-corrected chi connectivity index (χ2v) is 3.45. The van der Waals surface area contributed by atoms with E-state index < -0.39 is 0 Å². The third-order valence-corrected chi connectivity index (χ3v) is 2.39. The number of aromatic amines is 1. The lowest BCUT2D eigenvalue weighted by Gasteiger charge is -1.94. The molecule has 0 fully saturated rings. The van der Waals surface area contributed by atoms with Crippen LogP contribution in [0.4, 0.5) is 4.39 Å². The van der Waals surface area contributed by atoms with Crippen molar-refractivity contribution in [1.82, 2.24) is 10.2 Å². The van der Waals surface area contributed by atoms with E-state index in [1.54, 1.807) is 13.0 Å². The van der Waals surface area contributed by atoms with E-state index in [0.29, 0.717) is 5.56 Å². The van der Waals surface area contributed by atoms with Gasteiger partial charge in [0, 0.05) is 5.39 Å². The monoisotopic (exact) mass is 228 g/mol. The molecular formula is C8H6BrFN2. The van der Waals surface area contributed by atoms with Crippen LogP contribution in [-0.4, -0.2) is 10.2 Å². The van der Waals surface area contributed by atoms with Crippen molar-refractivity contribution in [3.8, 4) is 0 Å². The van der Waals surface area contributed by atoms with Gasteiger partial charge in [-0.1, -0.05) is 0 Å². The fourth-order valence-corrected chi connectivity index (χ4v) is 1.51. The number of nitrogens with one attached hydrogen (secondary N) is 1. The van der Waals surface area contributed by atoms with Gasteiger partial charge in [0.2, 0.25) is 0 Å². The molecule has 1 N–H and O–H groups in total. The van der Waals surface area contributed by atoms with Gasteiger partial charge in [0.05, 0.1) is 5.52 Å². The predicted octanol–water partition coefficient (Wildman–Crippen LogP) is 2.77. The van der Waals surface area contributed by atoms with Crippen LogP contribution in [0.3, 0.4) is 0 Å². The largest absolute Gasteiger partial charge is 0.270 e. The maximum absolute atomic E-state index is 13.0. The summed E-state index contributed by atoms with van der Waals surface area (Å²) < 4.78 is 13.8. The molecule has 1 aromatic heterocycles. The third kappa shape index (κ3) is 1.03. The first-order valence-electron chi connectivity index (χ1n) is 3.48. The summed E-state index contributed by atoms with van der Waals surface area (Å²) in [7, 11) is 0. The topological polar surface area (TPSA) is 28.7 Å². The fraction of sp³-hybridized carbons (Fsp3) is 0.125. The first kappa shape index (κ1) is 7.73. The number of aryl methyl sites for hydroxylation is 1. The lowest BCUT2D eigenvalue weighted by atomic mass is 10.2. The molecule has 0 bridgehead atoms. The summed E-state index contributed by atoms with van der Waals surface area (Å²) in [6.45, 7) is 1.72. The van der Waals surface area contributed by atoms with E-state index in [9.17, 15) is 4.39 Å². The van der Waals surface area contributed by atoms with Crippen molar-refractivity contribution in [2.24, 2.45) is 0 Å². The molecule has 1 heterocycles. The van der Waals surface area contributed by atoms with E-state index in [1.807, 2.05) is 0 Å². The maximum Gasteiger partial charge on any atom is 0.126 e. The highest BCUT2D eigenvalue weighted by Gasteiger charge is 2.05. The van der Waals surface area contributed by atoms with Crippen molar-refractivity contribution in [2.45, 2.75) is 6.92 Å². The molecule has 0 aliphatic heterocycles. The minimum atomic E-state index is -0.204. The average Bonchev–Trinajstić information content (AvgIpc) is 2.35. The molecule has 0 unspecified atom stereocenters. The van der Waals surface area contributed by atoms with Gasteiger partial charge in [-0.15, -0.1) is 0 Å². The summed E-state index contributed by atoms with van der Waals surface area (Å²) in [6, 6.07) is 3.18. The Kier molecular flexibility index (Phi) is 1.65. The Labute approximate surface area is 76.9 Å². The highest BCUT2D eigenvalue weighted by molar-refractivity contribution is 9.10. The van der Waals surface area contributed by atoms with E-state index in [0.717, 1.165) is 15.5 Å². The molecular weight excluding hydrogens is 223 g/mol. The predicted molar refractivity (Wildman–Crippen MR) is 48.5 cm³/mol. The van der Waals surface area contributed by atoms with Crippen LogP contribution in [0.1, 0.15) is 5.56 Å². The highest BCUT2D eigenvalue weighted by atomic mass is 79.9. The summed E-state index contributed by atoms with van der Waals surface area (Å²) in [6.07, 6.45) is 0. The van der Waals surface area contributed by atoms with Crippen molar-refractivity contribution in [3.05, 3.63) is 28.1 Å². The van der Waals surface area contributed by atoms with Gasteiger partial charge in [-0.3, -0.25) is 5.10 Å². The molecule has 0 aliphatic rings. The first-order chi connectivity index (χ1) is 5.68. The van der Waals surface area contributed by atoms with Crippen molar-refractivity contribution >= 4 is 26.8 Å². The molecule has 0 radical (unpaired) electrons. The molecule has 0 aliphatic carbocycles. The van der Waals surface area contributed by atoms with Gasteiger partial charge < -0.3 is 0 Å². The Morgan fingerprint density at radius 1 is 1.50 bits per heavy atom. The van der Waals surface area contributed by atoms with Crippen LogP contribution in [0.15, 0.2) is 16.7 Å². The van der Waals surface area contributed by atoms with Crippen LogP contribution >= 0.6 is 15.9 Å². The Hall–Kier alpha value is -0.900. The number of hydrogen-bond acceptors (Lipinski definition) is 1. The standard InChI is InChI=1S/C8H6BrFN2/c1-4-2-7-5(3-6(4)10)8(9)12-11-7/h2-3H,1H3,(H,11,12). The molecule has 2 rings (SSSR count). The Balaban J connectivity index is 2.87. The van der Waals surface area contributed by atoms with Gasteiger partial charge in [-0.05, 0) is 40.5 Å². The van der Waals surface area contributed by atoms with Crippen molar-refractivity contribution in [1.29, 1.82) is 0 Å². The van der Waals surface area contributed by atoms with Crippen LogP contribution in [0, 0.1) is 12.7 Å². The van der Waals surface area contributed by atoms with Gasteiger partial charge in [0.15, 0.2) is 0 Å². The Morgan fingerprint density at radius 3 is 3.00 bits per heavy atom. The zero-order valence-corrected chi connectivity index (χ0v) is 7.94. The summed E-state index contributed by atoms with van der Waals surface area (Å²) in [5.41, 5.74) is 1.39. The van der Waals surface area contributed by atoms with Gasteiger partial charge in [0.25, 0.3) is 0 Å². The van der Waals surface area contributed by atoms with Gasteiger partial charge in [-0.25, -0.2) is 4.39 Å². The second-order valence-electron chi connectivity index (χ2n) is 2.66. The van der Waals surface area contributed by atoms with Crippen LogP contribution < -0.4 is 0 Å². The molecule has 4 heteroatoms. The number of rotatable bonds is 0. The molecule has 2 aromatic rings. The van der Waals surface area contributed by atoms with Crippen molar-refractivity contribution in [2.75, 3.05) is 0 Å². The number of hydrogen-bond donors (Lipinski definition) is 1. The summed E-state index contributed by atoms with van der Waals surface area (Å²) in [4.78, 5) is 0. The number of fused-ring (bicyclic) bond motifs is 1. The molecule has 0 atom stereocenters. The maximum atomic E-state index is 13.0. The van der Waals surface area contributed by atoms with Gasteiger partial charge in [0.1, 0.15) is 10.4 Å². The quantitative estimate of drug-likeness (QED) is 0.739. The Morgan fingerprint density at radius 2 is 2.25 bits per heavy atom. The lowest BCUT2D eigenvalue weighted by Crippen LogP contribution is -1.80. The molecule has 0 saturated heterocycles. The third-order valence-electron chi connectivity index (χ3n) is 1.79. The Bertz CT molecular complexity index is 436. The zero-order chi connectivity index (χ0) is 8.72. The van der Waals surface area contributed by atoms with Crippen LogP contribution in [0.5, 0.6) is 0 Å². The molecule has 62 valence electrons. The van der Waals surface area contributed by atoms with Crippen molar-refractivity contribution in [3.63, 3.8) is 0 Å². The molecule has 0 saturated carbocycles. The number of benzene rings is 1. The smallest absolute Gasteiger partial charge is 0.126 e. The van der Waals surface area contributed by atoms with Crippen LogP contribution in [0.25, 0.3) is 10.9 Å². The molecule has 0 amide bonds. The second kappa shape index (κ2) is 2.55. The van der Waals surface area contributed by atoms with E-state index in [4.69, 9.17) is 0 Å². The fourth-order valence-electron chi connectivity index (χ4n) is 1.10. The minimum absolute atomic E-state index is 0.204. The highest BCUT2D eigenvalue weighted by Crippen LogP contribution is 2.23. The number of nitrogens with zero attached hydrogens (tertiary/aromatic N) is 1. The molecule has 1 aromatic carbocycles. The van der Waals surface area contributed by atoms with Crippen LogP contribution in [-0.2, 0) is 0 Å². The van der Waals surface area contributed by atoms with E-state index in [2.05, 4.69) is 26.1 Å². The summed E-state index contributed by atoms with van der Waals surface area (Å²) in [5.74, 6) is -0.204.